The number of benzene rings is 1. The Morgan fingerprint density at radius 1 is 1.21 bits per heavy atom. The molecule has 0 fully saturated rings. The number of carbonyl (C=O) groups is 1. The second-order valence-corrected chi connectivity index (χ2v) is 6.19. The first kappa shape index (κ1) is 20.0. The van der Waals surface area contributed by atoms with E-state index in [1.54, 1.807) is 19.0 Å². The number of hydrogen-bond acceptors (Lipinski definition) is 2. The van der Waals surface area contributed by atoms with Crippen LogP contribution in [-0.2, 0) is 11.2 Å². The largest absolute Gasteiger partial charge is 0.356 e. The number of rotatable bonds is 8. The first-order valence-electron chi connectivity index (χ1n) is 8.81. The van der Waals surface area contributed by atoms with E-state index in [2.05, 4.69) is 60.7 Å². The Labute approximate surface area is 146 Å². The van der Waals surface area contributed by atoms with Crippen LogP contribution in [-0.4, -0.2) is 44.0 Å². The van der Waals surface area contributed by atoms with E-state index in [0.29, 0.717) is 5.96 Å². The fourth-order valence-corrected chi connectivity index (χ4v) is 2.15. The van der Waals surface area contributed by atoms with Gasteiger partial charge in [0.25, 0.3) is 0 Å². The molecule has 1 amide bonds. The van der Waals surface area contributed by atoms with Gasteiger partial charge in [-0.25, -0.2) is 4.99 Å². The molecule has 1 atom stereocenters. The Kier molecular flexibility index (Phi) is 8.90. The normalized spacial score (nSPS) is 12.6. The van der Waals surface area contributed by atoms with E-state index in [-0.39, 0.29) is 18.5 Å². The van der Waals surface area contributed by atoms with E-state index in [1.807, 2.05) is 0 Å². The van der Waals surface area contributed by atoms with Crippen LogP contribution in [0.15, 0.2) is 29.3 Å². The van der Waals surface area contributed by atoms with E-state index >= 15 is 0 Å². The minimum absolute atomic E-state index is 0.00783. The van der Waals surface area contributed by atoms with Gasteiger partial charge >= 0.3 is 0 Å². The topological polar surface area (TPSA) is 56.7 Å². The highest BCUT2D eigenvalue weighted by Crippen LogP contribution is 2.13. The molecule has 0 radical (unpaired) electrons. The van der Waals surface area contributed by atoms with Gasteiger partial charge in [-0.3, -0.25) is 4.79 Å². The smallest absolute Gasteiger partial charge is 0.243 e. The van der Waals surface area contributed by atoms with Crippen LogP contribution in [0.4, 0.5) is 0 Å². The average molecular weight is 332 g/mol. The molecule has 0 saturated carbocycles. The maximum Gasteiger partial charge on any atom is 0.243 e. The van der Waals surface area contributed by atoms with E-state index in [4.69, 9.17) is 0 Å². The van der Waals surface area contributed by atoms with Crippen molar-refractivity contribution in [3.8, 4) is 0 Å². The fraction of sp³-hybridized carbons (Fsp3) is 0.579. The van der Waals surface area contributed by atoms with Crippen LogP contribution in [0.25, 0.3) is 0 Å². The van der Waals surface area contributed by atoms with Gasteiger partial charge < -0.3 is 15.5 Å². The number of carbonyl (C=O) groups excluding carboxylic acids is 1. The van der Waals surface area contributed by atoms with Gasteiger partial charge in [0, 0.05) is 20.6 Å². The molecule has 5 heteroatoms. The molecule has 2 N–H and O–H groups in total. The molecular formula is C19H32N4O. The van der Waals surface area contributed by atoms with Crippen molar-refractivity contribution >= 4 is 11.9 Å². The van der Waals surface area contributed by atoms with E-state index in [1.165, 1.54) is 11.1 Å². The van der Waals surface area contributed by atoms with Crippen LogP contribution in [0.2, 0.25) is 0 Å². The molecule has 134 valence electrons. The lowest BCUT2D eigenvalue weighted by molar-refractivity contribution is -0.127. The fourth-order valence-electron chi connectivity index (χ4n) is 2.15. The summed E-state index contributed by atoms with van der Waals surface area (Å²) in [6, 6.07) is 8.73. The quantitative estimate of drug-likeness (QED) is 0.437. The van der Waals surface area contributed by atoms with Crippen LogP contribution >= 0.6 is 0 Å². The molecule has 24 heavy (non-hydrogen) atoms. The van der Waals surface area contributed by atoms with Crippen LogP contribution in [0, 0.1) is 0 Å². The van der Waals surface area contributed by atoms with E-state index in [9.17, 15) is 4.79 Å². The molecule has 1 aromatic carbocycles. The maximum absolute atomic E-state index is 11.8. The highest BCUT2D eigenvalue weighted by Gasteiger charge is 2.09. The molecule has 0 spiro atoms. The number of nitrogens with one attached hydrogen (secondary N) is 2. The summed E-state index contributed by atoms with van der Waals surface area (Å²) in [4.78, 5) is 17.7. The van der Waals surface area contributed by atoms with Crippen molar-refractivity contribution in [1.29, 1.82) is 0 Å². The van der Waals surface area contributed by atoms with Gasteiger partial charge in [-0.15, -0.1) is 0 Å². The standard InChI is InChI=1S/C19H32N4O/c1-6-8-13-20-19(21-14-18(24)23(4)5)22-15(3)17-11-9-16(7-2)10-12-17/h9-12,15H,6-8,13-14H2,1-5H3,(H2,20,21,22). The minimum atomic E-state index is -0.00783. The number of aryl methyl sites for hydroxylation is 1. The summed E-state index contributed by atoms with van der Waals surface area (Å²) in [7, 11) is 3.49. The Balaban J connectivity index is 2.73. The number of likely N-dealkylation sites (N-methyl/N-ethyl adjacent to an activating group) is 1. The third kappa shape index (κ3) is 7.02. The Hall–Kier alpha value is -2.04. The van der Waals surface area contributed by atoms with Crippen molar-refractivity contribution in [3.63, 3.8) is 0 Å². The lowest BCUT2D eigenvalue weighted by Crippen LogP contribution is -2.40. The van der Waals surface area contributed by atoms with Gasteiger partial charge in [0.1, 0.15) is 6.54 Å². The molecule has 0 aliphatic heterocycles. The second kappa shape index (κ2) is 10.7. The van der Waals surface area contributed by atoms with Crippen molar-refractivity contribution in [3.05, 3.63) is 35.4 Å². The molecule has 5 nitrogen and oxygen atoms in total. The number of guanidine groups is 1. The lowest BCUT2D eigenvalue weighted by atomic mass is 10.1. The van der Waals surface area contributed by atoms with E-state index < -0.39 is 0 Å². The molecule has 0 aromatic heterocycles. The monoisotopic (exact) mass is 332 g/mol. The summed E-state index contributed by atoms with van der Waals surface area (Å²) in [6.45, 7) is 7.40. The SMILES string of the molecule is CCCCNC(=NCC(=O)N(C)C)NC(C)c1ccc(CC)cc1. The molecule has 1 aromatic rings. The predicted octanol–water partition coefficient (Wildman–Crippen LogP) is 2.73. The highest BCUT2D eigenvalue weighted by atomic mass is 16.2. The van der Waals surface area contributed by atoms with Crippen LogP contribution < -0.4 is 10.6 Å². The molecule has 1 rings (SSSR count). The summed E-state index contributed by atoms with van der Waals surface area (Å²) < 4.78 is 0. The van der Waals surface area contributed by atoms with Gasteiger partial charge in [0.15, 0.2) is 5.96 Å². The van der Waals surface area contributed by atoms with Crippen LogP contribution in [0.3, 0.4) is 0 Å². The zero-order valence-corrected chi connectivity index (χ0v) is 15.7. The molecule has 0 saturated heterocycles. The Morgan fingerprint density at radius 3 is 2.42 bits per heavy atom. The third-order valence-electron chi connectivity index (χ3n) is 3.94. The zero-order chi connectivity index (χ0) is 17.9. The zero-order valence-electron chi connectivity index (χ0n) is 15.7. The van der Waals surface area contributed by atoms with Crippen LogP contribution in [0.1, 0.15) is 50.8 Å². The lowest BCUT2D eigenvalue weighted by Gasteiger charge is -2.19. The number of nitrogens with zero attached hydrogens (tertiary/aromatic N) is 2. The van der Waals surface area contributed by atoms with Gasteiger partial charge in [0.2, 0.25) is 5.91 Å². The van der Waals surface area contributed by atoms with Crippen molar-refractivity contribution < 1.29 is 4.79 Å². The third-order valence-corrected chi connectivity index (χ3v) is 3.94. The number of unbranched alkanes of at least 4 members (excludes halogenated alkanes) is 1. The number of aliphatic imine (C=N–C) groups is 1. The van der Waals surface area contributed by atoms with Crippen molar-refractivity contribution in [2.75, 3.05) is 27.2 Å². The Morgan fingerprint density at radius 2 is 1.88 bits per heavy atom. The van der Waals surface area contributed by atoms with Gasteiger partial charge in [-0.1, -0.05) is 44.5 Å². The summed E-state index contributed by atoms with van der Waals surface area (Å²) in [5.74, 6) is 0.678. The average Bonchev–Trinajstić information content (AvgIpc) is 2.59. The second-order valence-electron chi connectivity index (χ2n) is 6.19. The Bertz CT molecular complexity index is 523. The minimum Gasteiger partial charge on any atom is -0.356 e. The molecular weight excluding hydrogens is 300 g/mol. The summed E-state index contributed by atoms with van der Waals surface area (Å²) in [5.41, 5.74) is 2.54. The number of amides is 1. The van der Waals surface area contributed by atoms with Crippen molar-refractivity contribution in [2.24, 2.45) is 4.99 Å². The maximum atomic E-state index is 11.8. The molecule has 0 aliphatic rings. The molecule has 0 aliphatic carbocycles. The van der Waals surface area contributed by atoms with Crippen LogP contribution in [0.5, 0.6) is 0 Å². The highest BCUT2D eigenvalue weighted by molar-refractivity contribution is 5.85. The number of hydrogen-bond donors (Lipinski definition) is 2. The van der Waals surface area contributed by atoms with E-state index in [0.717, 1.165) is 25.8 Å². The van der Waals surface area contributed by atoms with Gasteiger partial charge in [-0.2, -0.15) is 0 Å². The summed E-state index contributed by atoms with van der Waals surface area (Å²) in [6.07, 6.45) is 3.23. The summed E-state index contributed by atoms with van der Waals surface area (Å²) in [5, 5.41) is 6.70. The predicted molar refractivity (Wildman–Crippen MR) is 101 cm³/mol. The van der Waals surface area contributed by atoms with Crippen molar-refractivity contribution in [2.45, 2.75) is 46.1 Å². The molecule has 0 bridgehead atoms. The van der Waals surface area contributed by atoms with Gasteiger partial charge in [-0.05, 0) is 30.9 Å². The van der Waals surface area contributed by atoms with Crippen molar-refractivity contribution in [1.82, 2.24) is 15.5 Å². The molecule has 0 heterocycles. The first-order chi connectivity index (χ1) is 11.5. The molecule has 1 unspecified atom stereocenters. The van der Waals surface area contributed by atoms with Gasteiger partial charge in [0.05, 0.1) is 6.04 Å². The first-order valence-corrected chi connectivity index (χ1v) is 8.81. The summed E-state index contributed by atoms with van der Waals surface area (Å²) >= 11 is 0.